The van der Waals surface area contributed by atoms with Crippen molar-refractivity contribution in [2.24, 2.45) is 5.92 Å². The number of hydrogen-bond acceptors (Lipinski definition) is 8. The van der Waals surface area contributed by atoms with Gasteiger partial charge in [0.05, 0.1) is 12.1 Å². The number of carbonyl (C=O) groups is 1. The SMILES string of the molecule is C[C@@H](Nc1nc(C2NOC(=O)N2)nc2nc(N(C)C3CCCCC3)n(Cc3ccc(C(F)(F)F)cc3)c12)C1CCC1. The van der Waals surface area contributed by atoms with Gasteiger partial charge in [-0.2, -0.15) is 18.2 Å². The molecule has 2 aromatic heterocycles. The minimum absolute atomic E-state index is 0.131. The minimum atomic E-state index is -4.40. The molecule has 2 aliphatic carbocycles. The summed E-state index contributed by atoms with van der Waals surface area (Å²) >= 11 is 0. The Morgan fingerprint density at radius 2 is 1.80 bits per heavy atom. The highest BCUT2D eigenvalue weighted by Gasteiger charge is 2.33. The number of hydroxylamine groups is 1. The second kappa shape index (κ2) is 11.0. The Kier molecular flexibility index (Phi) is 7.39. The Balaban J connectivity index is 1.46. The van der Waals surface area contributed by atoms with Crippen LogP contribution in [0.5, 0.6) is 0 Å². The molecule has 2 atom stereocenters. The Bertz CT molecular complexity index is 1400. The Labute approximate surface area is 236 Å². The molecular formula is C28H35F3N8O2. The van der Waals surface area contributed by atoms with E-state index in [1.807, 2.05) is 11.6 Å². The van der Waals surface area contributed by atoms with E-state index in [-0.39, 0.29) is 18.6 Å². The molecule has 1 amide bonds. The van der Waals surface area contributed by atoms with Crippen molar-refractivity contribution in [2.75, 3.05) is 17.3 Å². The van der Waals surface area contributed by atoms with Crippen molar-refractivity contribution in [3.63, 3.8) is 0 Å². The quantitative estimate of drug-likeness (QED) is 0.325. The zero-order valence-electron chi connectivity index (χ0n) is 23.2. The molecule has 0 bridgehead atoms. The minimum Gasteiger partial charge on any atom is -0.365 e. The third kappa shape index (κ3) is 5.64. The summed E-state index contributed by atoms with van der Waals surface area (Å²) in [6.07, 6.45) is 3.23. The maximum atomic E-state index is 13.3. The fourth-order valence-corrected chi connectivity index (χ4v) is 5.98. The maximum Gasteiger partial charge on any atom is 0.427 e. The van der Waals surface area contributed by atoms with Crippen molar-refractivity contribution in [3.05, 3.63) is 41.2 Å². The summed E-state index contributed by atoms with van der Waals surface area (Å²) in [7, 11) is 2.02. The lowest BCUT2D eigenvalue weighted by Gasteiger charge is -2.33. The number of benzene rings is 1. The first-order valence-corrected chi connectivity index (χ1v) is 14.3. The number of imidazole rings is 1. The van der Waals surface area contributed by atoms with Gasteiger partial charge in [0.1, 0.15) is 5.52 Å². The topological polar surface area (TPSA) is 109 Å². The highest BCUT2D eigenvalue weighted by atomic mass is 19.4. The lowest BCUT2D eigenvalue weighted by Crippen LogP contribution is -2.35. The first kappa shape index (κ1) is 27.6. The summed E-state index contributed by atoms with van der Waals surface area (Å²) < 4.78 is 41.8. The van der Waals surface area contributed by atoms with Gasteiger partial charge >= 0.3 is 12.3 Å². The highest BCUT2D eigenvalue weighted by molar-refractivity contribution is 5.86. The molecule has 1 saturated heterocycles. The standard InChI is InChI=1S/C28H35F3N8O2/c1-16(18-7-6-8-18)32-22-21-23(34-24(33-22)25-36-27(40)41-37-25)35-26(38(2)20-9-4-3-5-10-20)39(21)15-17-11-13-19(14-12-17)28(29,30)31/h11-14,16,18,20,25,37H,3-10,15H2,1-2H3,(H,36,40)(H,32,33,34)/t16-,25?/m1/s1. The smallest absolute Gasteiger partial charge is 0.365 e. The Hall–Kier alpha value is -3.61. The average molecular weight is 573 g/mol. The van der Waals surface area contributed by atoms with Crippen LogP contribution in [0.15, 0.2) is 24.3 Å². The number of hydrogen-bond donors (Lipinski definition) is 3. The summed E-state index contributed by atoms with van der Waals surface area (Å²) in [6, 6.07) is 5.65. The number of fused-ring (bicyclic) bond motifs is 1. The third-order valence-corrected chi connectivity index (χ3v) is 8.67. The van der Waals surface area contributed by atoms with Gasteiger partial charge in [0.15, 0.2) is 23.5 Å². The van der Waals surface area contributed by atoms with Crippen molar-refractivity contribution in [3.8, 4) is 0 Å². The normalized spacial score (nSPS) is 20.9. The number of amides is 1. The number of rotatable bonds is 8. The third-order valence-electron chi connectivity index (χ3n) is 8.67. The second-order valence-electron chi connectivity index (χ2n) is 11.4. The van der Waals surface area contributed by atoms with Gasteiger partial charge in [0.2, 0.25) is 5.95 Å². The van der Waals surface area contributed by atoms with Crippen LogP contribution in [-0.4, -0.2) is 44.7 Å². The van der Waals surface area contributed by atoms with Crippen molar-refractivity contribution >= 4 is 29.0 Å². The number of anilines is 2. The van der Waals surface area contributed by atoms with Crippen molar-refractivity contribution < 1.29 is 22.8 Å². The van der Waals surface area contributed by atoms with Gasteiger partial charge in [0, 0.05) is 19.1 Å². The van der Waals surface area contributed by atoms with Gasteiger partial charge in [-0.25, -0.2) is 14.8 Å². The first-order valence-electron chi connectivity index (χ1n) is 14.3. The van der Waals surface area contributed by atoms with E-state index in [0.29, 0.717) is 40.2 Å². The van der Waals surface area contributed by atoms with Gasteiger partial charge in [-0.15, -0.1) is 5.48 Å². The van der Waals surface area contributed by atoms with E-state index in [1.54, 1.807) is 0 Å². The molecule has 1 aromatic carbocycles. The Morgan fingerprint density at radius 1 is 1.07 bits per heavy atom. The molecule has 1 unspecified atom stereocenters. The summed E-state index contributed by atoms with van der Waals surface area (Å²) in [5.41, 5.74) is 3.74. The molecule has 41 heavy (non-hydrogen) atoms. The zero-order valence-corrected chi connectivity index (χ0v) is 23.2. The maximum absolute atomic E-state index is 13.3. The van der Waals surface area contributed by atoms with Gasteiger partial charge < -0.3 is 19.6 Å². The summed E-state index contributed by atoms with van der Waals surface area (Å²) in [5, 5.41) is 6.24. The van der Waals surface area contributed by atoms with Crippen LogP contribution in [0, 0.1) is 5.92 Å². The van der Waals surface area contributed by atoms with Crippen LogP contribution in [0.4, 0.5) is 29.7 Å². The number of nitrogens with zero attached hydrogens (tertiary/aromatic N) is 5. The molecule has 0 spiro atoms. The molecule has 2 saturated carbocycles. The van der Waals surface area contributed by atoms with Crippen LogP contribution in [0.1, 0.15) is 81.4 Å². The molecule has 6 rings (SSSR count). The second-order valence-corrected chi connectivity index (χ2v) is 11.4. The fraction of sp³-hybridized carbons (Fsp3) is 0.571. The first-order chi connectivity index (χ1) is 19.7. The predicted octanol–water partition coefficient (Wildman–Crippen LogP) is 5.51. The van der Waals surface area contributed by atoms with E-state index in [1.165, 1.54) is 25.0 Å². The molecule has 3 aliphatic rings. The largest absolute Gasteiger partial charge is 0.427 e. The predicted molar refractivity (Wildman–Crippen MR) is 147 cm³/mol. The zero-order chi connectivity index (χ0) is 28.7. The lowest BCUT2D eigenvalue weighted by molar-refractivity contribution is -0.137. The van der Waals surface area contributed by atoms with Gasteiger partial charge in [0.25, 0.3) is 0 Å². The molecule has 10 nitrogen and oxygen atoms in total. The molecule has 3 aromatic rings. The average Bonchev–Trinajstić information content (AvgIpc) is 3.51. The fourth-order valence-electron chi connectivity index (χ4n) is 5.98. The van der Waals surface area contributed by atoms with Crippen molar-refractivity contribution in [2.45, 2.75) is 89.3 Å². The molecule has 0 radical (unpaired) electrons. The molecule has 13 heteroatoms. The van der Waals surface area contributed by atoms with E-state index in [2.05, 4.69) is 27.9 Å². The van der Waals surface area contributed by atoms with Crippen LogP contribution >= 0.6 is 0 Å². The number of alkyl halides is 3. The summed E-state index contributed by atoms with van der Waals surface area (Å²) in [5.74, 6) is 2.05. The number of aromatic nitrogens is 4. The lowest BCUT2D eigenvalue weighted by atomic mass is 9.80. The Morgan fingerprint density at radius 3 is 2.41 bits per heavy atom. The molecule has 3 fully saturated rings. The van der Waals surface area contributed by atoms with Crippen molar-refractivity contribution in [1.82, 2.24) is 30.3 Å². The van der Waals surface area contributed by atoms with E-state index < -0.39 is 24.0 Å². The van der Waals surface area contributed by atoms with Gasteiger partial charge in [-0.1, -0.05) is 37.8 Å². The molecule has 220 valence electrons. The van der Waals surface area contributed by atoms with Crippen LogP contribution < -0.4 is 21.0 Å². The van der Waals surface area contributed by atoms with Crippen LogP contribution in [0.25, 0.3) is 11.2 Å². The van der Waals surface area contributed by atoms with E-state index in [4.69, 9.17) is 19.8 Å². The van der Waals surface area contributed by atoms with Gasteiger partial charge in [-0.05, 0) is 56.2 Å². The van der Waals surface area contributed by atoms with E-state index in [0.717, 1.165) is 50.7 Å². The number of carbonyl (C=O) groups excluding carboxylic acids is 1. The van der Waals surface area contributed by atoms with Crippen LogP contribution in [-0.2, 0) is 17.6 Å². The van der Waals surface area contributed by atoms with Crippen LogP contribution in [0.2, 0.25) is 0 Å². The van der Waals surface area contributed by atoms with Crippen LogP contribution in [0.3, 0.4) is 0 Å². The molecule has 1 aliphatic heterocycles. The van der Waals surface area contributed by atoms with E-state index in [9.17, 15) is 18.0 Å². The highest BCUT2D eigenvalue weighted by Crippen LogP contribution is 2.36. The summed E-state index contributed by atoms with van der Waals surface area (Å²) in [6.45, 7) is 2.42. The monoisotopic (exact) mass is 572 g/mol. The summed E-state index contributed by atoms with van der Waals surface area (Å²) in [4.78, 5) is 33.3. The molecule has 3 N–H and O–H groups in total. The number of halogens is 3. The van der Waals surface area contributed by atoms with Crippen molar-refractivity contribution in [1.29, 1.82) is 0 Å². The number of nitrogens with one attached hydrogen (secondary N) is 3. The molecular weight excluding hydrogens is 537 g/mol. The van der Waals surface area contributed by atoms with E-state index >= 15 is 0 Å². The van der Waals surface area contributed by atoms with Gasteiger partial charge in [-0.3, -0.25) is 5.32 Å². The molecule has 3 heterocycles.